The molecule has 1 heterocycles. The Morgan fingerprint density at radius 2 is 1.80 bits per heavy atom. The van der Waals surface area contributed by atoms with Crippen LogP contribution in [0.3, 0.4) is 0 Å². The maximum atomic E-state index is 10.7. The molecule has 0 amide bonds. The fourth-order valence-electron chi connectivity index (χ4n) is 3.13. The fourth-order valence-corrected chi connectivity index (χ4v) is 3.49. The molecule has 3 aromatic carbocycles. The zero-order valence-electron chi connectivity index (χ0n) is 13.5. The predicted molar refractivity (Wildman–Crippen MR) is 107 cm³/mol. The van der Waals surface area contributed by atoms with Crippen LogP contribution in [0.15, 0.2) is 77.4 Å². The highest BCUT2D eigenvalue weighted by Gasteiger charge is 2.12. The lowest BCUT2D eigenvalue weighted by Crippen LogP contribution is -2.12. The van der Waals surface area contributed by atoms with Crippen molar-refractivity contribution >= 4 is 43.3 Å². The summed E-state index contributed by atoms with van der Waals surface area (Å²) in [7, 11) is 0. The van der Waals surface area contributed by atoms with E-state index in [9.17, 15) is 5.11 Å². The Labute approximate surface area is 154 Å². The molecule has 25 heavy (non-hydrogen) atoms. The monoisotopic (exact) mass is 392 g/mol. The Hall–Kier alpha value is -2.43. The van der Waals surface area contributed by atoms with E-state index in [2.05, 4.69) is 38.4 Å². The van der Waals surface area contributed by atoms with Gasteiger partial charge in [0.15, 0.2) is 0 Å². The van der Waals surface area contributed by atoms with Crippen LogP contribution < -0.4 is 5.32 Å². The number of hydrogen-bond donors (Lipinski definition) is 2. The van der Waals surface area contributed by atoms with Crippen molar-refractivity contribution < 1.29 is 5.11 Å². The number of nitrogens with zero attached hydrogens (tertiary/aromatic N) is 1. The van der Waals surface area contributed by atoms with E-state index >= 15 is 0 Å². The summed E-state index contributed by atoms with van der Waals surface area (Å²) in [4.78, 5) is 4.39. The molecule has 0 fully saturated rings. The zero-order chi connectivity index (χ0) is 17.2. The summed E-state index contributed by atoms with van der Waals surface area (Å²) in [5.74, 6) is 0. The third kappa shape index (κ3) is 3.23. The number of nitrogens with one attached hydrogen (secondary N) is 1. The van der Waals surface area contributed by atoms with Gasteiger partial charge in [-0.15, -0.1) is 0 Å². The van der Waals surface area contributed by atoms with Gasteiger partial charge in [0.1, 0.15) is 0 Å². The zero-order valence-corrected chi connectivity index (χ0v) is 15.1. The molecule has 1 aromatic heterocycles. The quantitative estimate of drug-likeness (QED) is 0.495. The summed E-state index contributed by atoms with van der Waals surface area (Å²) in [6.45, 7) is 0.430. The van der Waals surface area contributed by atoms with Crippen LogP contribution in [0.5, 0.6) is 0 Å². The number of aromatic nitrogens is 1. The molecule has 0 aliphatic heterocycles. The number of pyridine rings is 1. The Morgan fingerprint density at radius 1 is 0.960 bits per heavy atom. The number of aliphatic hydroxyl groups is 1. The smallest absolute Gasteiger partial charge is 0.0968 e. The number of rotatable bonds is 4. The molecular formula is C21H17BrN2O. The van der Waals surface area contributed by atoms with Gasteiger partial charge in [-0.25, -0.2) is 0 Å². The Balaban J connectivity index is 1.62. The van der Waals surface area contributed by atoms with Gasteiger partial charge in [0.25, 0.3) is 0 Å². The third-order valence-corrected chi connectivity index (χ3v) is 4.87. The normalized spacial score (nSPS) is 12.4. The second kappa shape index (κ2) is 6.82. The Morgan fingerprint density at radius 3 is 2.72 bits per heavy atom. The van der Waals surface area contributed by atoms with E-state index in [1.165, 1.54) is 0 Å². The number of fused-ring (bicyclic) bond motifs is 2. The van der Waals surface area contributed by atoms with Crippen LogP contribution in [0.4, 0.5) is 5.69 Å². The third-order valence-electron chi connectivity index (χ3n) is 4.37. The van der Waals surface area contributed by atoms with E-state index in [1.54, 1.807) is 6.20 Å². The van der Waals surface area contributed by atoms with Crippen molar-refractivity contribution in [2.75, 3.05) is 11.9 Å². The molecule has 0 radical (unpaired) electrons. The van der Waals surface area contributed by atoms with Gasteiger partial charge in [-0.2, -0.15) is 0 Å². The standard InChI is InChI=1S/C21H17BrN2O/c22-15-8-9-19-18(12-15)20(10-11-23-19)24-13-21(25)17-7-3-5-14-4-1-2-6-16(14)17/h1-12,21,25H,13H2,(H,23,24). The van der Waals surface area contributed by atoms with Crippen molar-refractivity contribution in [3.63, 3.8) is 0 Å². The summed E-state index contributed by atoms with van der Waals surface area (Å²) >= 11 is 3.51. The minimum atomic E-state index is -0.596. The second-order valence-electron chi connectivity index (χ2n) is 5.99. The average molecular weight is 393 g/mol. The van der Waals surface area contributed by atoms with Crippen molar-refractivity contribution in [1.82, 2.24) is 4.98 Å². The summed E-state index contributed by atoms with van der Waals surface area (Å²) in [5, 5.41) is 17.3. The highest BCUT2D eigenvalue weighted by Crippen LogP contribution is 2.27. The number of benzene rings is 3. The molecule has 0 saturated heterocycles. The van der Waals surface area contributed by atoms with Crippen LogP contribution >= 0.6 is 15.9 Å². The van der Waals surface area contributed by atoms with E-state index in [1.807, 2.05) is 54.6 Å². The van der Waals surface area contributed by atoms with Crippen molar-refractivity contribution in [3.8, 4) is 0 Å². The number of hydrogen-bond acceptors (Lipinski definition) is 3. The summed E-state index contributed by atoms with van der Waals surface area (Å²) in [6, 6.07) is 22.1. The molecule has 1 atom stereocenters. The molecule has 2 N–H and O–H groups in total. The molecule has 1 unspecified atom stereocenters. The van der Waals surface area contributed by atoms with Crippen LogP contribution in [-0.4, -0.2) is 16.6 Å². The Bertz CT molecular complexity index is 1040. The molecule has 0 bridgehead atoms. The van der Waals surface area contributed by atoms with Gasteiger partial charge >= 0.3 is 0 Å². The Kier molecular flexibility index (Phi) is 4.38. The average Bonchev–Trinajstić information content (AvgIpc) is 2.65. The minimum Gasteiger partial charge on any atom is -0.387 e. The van der Waals surface area contributed by atoms with E-state index in [0.717, 1.165) is 37.4 Å². The summed E-state index contributed by atoms with van der Waals surface area (Å²) in [6.07, 6.45) is 1.18. The molecule has 0 aliphatic carbocycles. The lowest BCUT2D eigenvalue weighted by atomic mass is 10.0. The first-order valence-electron chi connectivity index (χ1n) is 8.16. The molecule has 4 heteroatoms. The van der Waals surface area contributed by atoms with Gasteiger partial charge in [-0.1, -0.05) is 58.4 Å². The summed E-state index contributed by atoms with van der Waals surface area (Å²) < 4.78 is 1.01. The minimum absolute atomic E-state index is 0.430. The van der Waals surface area contributed by atoms with E-state index < -0.39 is 6.10 Å². The van der Waals surface area contributed by atoms with Gasteiger partial charge in [-0.05, 0) is 40.6 Å². The van der Waals surface area contributed by atoms with Crippen LogP contribution in [0, 0.1) is 0 Å². The predicted octanol–water partition coefficient (Wildman–Crippen LogP) is 5.30. The first kappa shape index (κ1) is 16.1. The van der Waals surface area contributed by atoms with Gasteiger partial charge in [0, 0.05) is 28.3 Å². The molecule has 4 rings (SSSR count). The molecule has 124 valence electrons. The van der Waals surface area contributed by atoms with Crippen LogP contribution in [0.1, 0.15) is 11.7 Å². The summed E-state index contributed by atoms with van der Waals surface area (Å²) in [5.41, 5.74) is 2.82. The first-order valence-corrected chi connectivity index (χ1v) is 8.95. The molecule has 0 spiro atoms. The maximum absolute atomic E-state index is 10.7. The van der Waals surface area contributed by atoms with Gasteiger partial charge in [-0.3, -0.25) is 4.98 Å². The molecule has 3 nitrogen and oxygen atoms in total. The highest BCUT2D eigenvalue weighted by atomic mass is 79.9. The van der Waals surface area contributed by atoms with Crippen molar-refractivity contribution in [1.29, 1.82) is 0 Å². The van der Waals surface area contributed by atoms with Crippen LogP contribution in [-0.2, 0) is 0 Å². The van der Waals surface area contributed by atoms with Gasteiger partial charge in [0.05, 0.1) is 11.6 Å². The maximum Gasteiger partial charge on any atom is 0.0968 e. The highest BCUT2D eigenvalue weighted by molar-refractivity contribution is 9.10. The lowest BCUT2D eigenvalue weighted by molar-refractivity contribution is 0.193. The van der Waals surface area contributed by atoms with E-state index in [0.29, 0.717) is 6.54 Å². The van der Waals surface area contributed by atoms with Crippen LogP contribution in [0.2, 0.25) is 0 Å². The SMILES string of the molecule is OC(CNc1ccnc2ccc(Br)cc12)c1cccc2ccccc12. The largest absolute Gasteiger partial charge is 0.387 e. The van der Waals surface area contributed by atoms with Crippen LogP contribution in [0.25, 0.3) is 21.7 Å². The van der Waals surface area contributed by atoms with Gasteiger partial charge < -0.3 is 10.4 Å². The topological polar surface area (TPSA) is 45.1 Å². The molecular weight excluding hydrogens is 376 g/mol. The number of anilines is 1. The van der Waals surface area contributed by atoms with Crippen molar-refractivity contribution in [3.05, 3.63) is 83.0 Å². The molecule has 4 aromatic rings. The molecule has 0 aliphatic rings. The van der Waals surface area contributed by atoms with E-state index in [4.69, 9.17) is 0 Å². The van der Waals surface area contributed by atoms with Gasteiger partial charge in [0.2, 0.25) is 0 Å². The second-order valence-corrected chi connectivity index (χ2v) is 6.90. The fraction of sp³-hybridized carbons (Fsp3) is 0.0952. The van der Waals surface area contributed by atoms with E-state index in [-0.39, 0.29) is 0 Å². The lowest BCUT2D eigenvalue weighted by Gasteiger charge is -2.16. The first-order chi connectivity index (χ1) is 12.2. The number of aliphatic hydroxyl groups excluding tert-OH is 1. The number of halogens is 1. The van der Waals surface area contributed by atoms with Crippen molar-refractivity contribution in [2.24, 2.45) is 0 Å². The van der Waals surface area contributed by atoms with Crippen molar-refractivity contribution in [2.45, 2.75) is 6.10 Å². The molecule has 0 saturated carbocycles.